The highest BCUT2D eigenvalue weighted by molar-refractivity contribution is 5.91. The Morgan fingerprint density at radius 2 is 2.08 bits per heavy atom. The van der Waals surface area contributed by atoms with Crippen molar-refractivity contribution < 1.29 is 4.79 Å². The van der Waals surface area contributed by atoms with Crippen molar-refractivity contribution in [1.82, 2.24) is 9.55 Å². The van der Waals surface area contributed by atoms with Crippen molar-refractivity contribution in [3.8, 4) is 6.07 Å². The van der Waals surface area contributed by atoms with E-state index in [2.05, 4.69) is 23.3 Å². The highest BCUT2D eigenvalue weighted by Crippen LogP contribution is 2.18. The standard InChI is InChI=1S/C19H18N4O/c1-2-6-18-22-16-9-3-4-10-17(16)23(18)13-19(24)21-15-8-5-7-14(11-15)12-20/h3-5,7-11H,2,6,13H2,1H3,(H,21,24). The molecule has 0 saturated heterocycles. The van der Waals surface area contributed by atoms with E-state index in [1.807, 2.05) is 28.8 Å². The van der Waals surface area contributed by atoms with Crippen molar-refractivity contribution in [2.75, 3.05) is 5.32 Å². The minimum Gasteiger partial charge on any atom is -0.324 e. The summed E-state index contributed by atoms with van der Waals surface area (Å²) in [5.74, 6) is 0.783. The van der Waals surface area contributed by atoms with Gasteiger partial charge in [-0.1, -0.05) is 25.1 Å². The Balaban J connectivity index is 1.84. The van der Waals surface area contributed by atoms with E-state index in [1.54, 1.807) is 24.3 Å². The van der Waals surface area contributed by atoms with E-state index in [0.717, 1.165) is 29.7 Å². The molecule has 5 heteroatoms. The second kappa shape index (κ2) is 6.97. The lowest BCUT2D eigenvalue weighted by Crippen LogP contribution is -2.20. The predicted octanol–water partition coefficient (Wildman–Crippen LogP) is 3.50. The third kappa shape index (κ3) is 3.28. The summed E-state index contributed by atoms with van der Waals surface area (Å²) >= 11 is 0. The van der Waals surface area contributed by atoms with Crippen LogP contribution < -0.4 is 5.32 Å². The molecular formula is C19H18N4O. The van der Waals surface area contributed by atoms with Crippen molar-refractivity contribution in [3.63, 3.8) is 0 Å². The van der Waals surface area contributed by atoms with Gasteiger partial charge in [0.25, 0.3) is 0 Å². The number of carbonyl (C=O) groups is 1. The molecule has 0 atom stereocenters. The molecule has 1 N–H and O–H groups in total. The number of amides is 1. The first-order valence-corrected chi connectivity index (χ1v) is 7.95. The fraction of sp³-hybridized carbons (Fsp3) is 0.211. The summed E-state index contributed by atoms with van der Waals surface area (Å²) in [6, 6.07) is 16.8. The molecule has 0 aliphatic heterocycles. The first-order valence-electron chi connectivity index (χ1n) is 7.95. The first-order chi connectivity index (χ1) is 11.7. The molecule has 0 aliphatic rings. The van der Waals surface area contributed by atoms with Crippen molar-refractivity contribution in [1.29, 1.82) is 5.26 Å². The molecule has 120 valence electrons. The van der Waals surface area contributed by atoms with Gasteiger partial charge in [-0.2, -0.15) is 5.26 Å². The largest absolute Gasteiger partial charge is 0.324 e. The summed E-state index contributed by atoms with van der Waals surface area (Å²) in [6.45, 7) is 2.30. The van der Waals surface area contributed by atoms with Crippen LogP contribution in [-0.2, 0) is 17.8 Å². The van der Waals surface area contributed by atoms with Crippen LogP contribution in [0, 0.1) is 11.3 Å². The van der Waals surface area contributed by atoms with Gasteiger partial charge in [-0.25, -0.2) is 4.98 Å². The molecule has 24 heavy (non-hydrogen) atoms. The molecule has 3 rings (SSSR count). The van der Waals surface area contributed by atoms with Crippen LogP contribution >= 0.6 is 0 Å². The third-order valence-corrected chi connectivity index (χ3v) is 3.78. The van der Waals surface area contributed by atoms with Crippen LogP contribution in [0.1, 0.15) is 24.7 Å². The van der Waals surface area contributed by atoms with Gasteiger partial charge in [0.2, 0.25) is 5.91 Å². The van der Waals surface area contributed by atoms with E-state index in [1.165, 1.54) is 0 Å². The molecule has 0 spiro atoms. The quantitative estimate of drug-likeness (QED) is 0.782. The van der Waals surface area contributed by atoms with Crippen LogP contribution in [0.3, 0.4) is 0 Å². The summed E-state index contributed by atoms with van der Waals surface area (Å²) in [5.41, 5.74) is 3.01. The van der Waals surface area contributed by atoms with Crippen molar-refractivity contribution in [2.45, 2.75) is 26.3 Å². The Bertz CT molecular complexity index is 921. The monoisotopic (exact) mass is 318 g/mol. The average molecular weight is 318 g/mol. The number of carbonyl (C=O) groups excluding carboxylic acids is 1. The van der Waals surface area contributed by atoms with E-state index in [0.29, 0.717) is 11.3 Å². The van der Waals surface area contributed by atoms with Crippen molar-refractivity contribution >= 4 is 22.6 Å². The number of para-hydroxylation sites is 2. The molecule has 1 amide bonds. The Labute approximate surface area is 140 Å². The van der Waals surface area contributed by atoms with E-state index in [4.69, 9.17) is 5.26 Å². The van der Waals surface area contributed by atoms with Gasteiger partial charge in [0.15, 0.2) is 0 Å². The fourth-order valence-electron chi connectivity index (χ4n) is 2.73. The molecule has 0 aliphatic carbocycles. The molecule has 0 fully saturated rings. The van der Waals surface area contributed by atoms with Gasteiger partial charge in [-0.3, -0.25) is 4.79 Å². The molecule has 0 unspecified atom stereocenters. The minimum atomic E-state index is -0.134. The van der Waals surface area contributed by atoms with E-state index in [9.17, 15) is 4.79 Å². The number of aromatic nitrogens is 2. The number of imidazole rings is 1. The molecule has 1 heterocycles. The van der Waals surface area contributed by atoms with Gasteiger partial charge in [-0.05, 0) is 36.8 Å². The maximum atomic E-state index is 12.4. The Morgan fingerprint density at radius 1 is 1.25 bits per heavy atom. The average Bonchev–Trinajstić information content (AvgIpc) is 2.93. The van der Waals surface area contributed by atoms with E-state index in [-0.39, 0.29) is 12.5 Å². The lowest BCUT2D eigenvalue weighted by atomic mass is 10.2. The summed E-state index contributed by atoms with van der Waals surface area (Å²) in [7, 11) is 0. The van der Waals surface area contributed by atoms with E-state index < -0.39 is 0 Å². The van der Waals surface area contributed by atoms with Crippen LogP contribution in [0.15, 0.2) is 48.5 Å². The van der Waals surface area contributed by atoms with Crippen LogP contribution in [0.5, 0.6) is 0 Å². The van der Waals surface area contributed by atoms with Gasteiger partial charge in [0, 0.05) is 12.1 Å². The molecule has 5 nitrogen and oxygen atoms in total. The number of hydrogen-bond acceptors (Lipinski definition) is 3. The SMILES string of the molecule is CCCc1nc2ccccc2n1CC(=O)Nc1cccc(C#N)c1. The van der Waals surface area contributed by atoms with Crippen LogP contribution in [0.4, 0.5) is 5.69 Å². The molecule has 0 bridgehead atoms. The number of hydrogen-bond donors (Lipinski definition) is 1. The Kier molecular flexibility index (Phi) is 4.57. The van der Waals surface area contributed by atoms with Crippen LogP contribution in [0.2, 0.25) is 0 Å². The zero-order valence-electron chi connectivity index (χ0n) is 13.5. The molecule has 0 radical (unpaired) electrons. The molecule has 3 aromatic rings. The number of anilines is 1. The molecule has 1 aromatic heterocycles. The topological polar surface area (TPSA) is 70.7 Å². The lowest BCUT2D eigenvalue weighted by Gasteiger charge is -2.10. The molecular weight excluding hydrogens is 300 g/mol. The highest BCUT2D eigenvalue weighted by atomic mass is 16.1. The number of nitrogens with zero attached hydrogens (tertiary/aromatic N) is 3. The van der Waals surface area contributed by atoms with Gasteiger partial charge in [0.05, 0.1) is 22.7 Å². The van der Waals surface area contributed by atoms with Crippen molar-refractivity contribution in [3.05, 3.63) is 59.9 Å². The zero-order chi connectivity index (χ0) is 16.9. The predicted molar refractivity (Wildman–Crippen MR) is 93.5 cm³/mol. The normalized spacial score (nSPS) is 10.5. The maximum Gasteiger partial charge on any atom is 0.244 e. The number of nitriles is 1. The minimum absolute atomic E-state index is 0.134. The zero-order valence-corrected chi connectivity index (χ0v) is 13.5. The second-order valence-electron chi connectivity index (χ2n) is 5.59. The van der Waals surface area contributed by atoms with Gasteiger partial charge in [-0.15, -0.1) is 0 Å². The van der Waals surface area contributed by atoms with Gasteiger partial charge in [0.1, 0.15) is 12.4 Å². The number of rotatable bonds is 5. The first kappa shape index (κ1) is 15.8. The number of fused-ring (bicyclic) bond motifs is 1. The lowest BCUT2D eigenvalue weighted by molar-refractivity contribution is -0.116. The summed E-state index contributed by atoms with van der Waals surface area (Å²) in [5, 5.41) is 11.8. The molecule has 0 saturated carbocycles. The van der Waals surface area contributed by atoms with Crippen LogP contribution in [0.25, 0.3) is 11.0 Å². The Morgan fingerprint density at radius 3 is 2.88 bits per heavy atom. The number of nitrogens with one attached hydrogen (secondary N) is 1. The van der Waals surface area contributed by atoms with E-state index >= 15 is 0 Å². The fourth-order valence-corrected chi connectivity index (χ4v) is 2.73. The molecule has 2 aromatic carbocycles. The smallest absolute Gasteiger partial charge is 0.244 e. The van der Waals surface area contributed by atoms with Crippen LogP contribution in [-0.4, -0.2) is 15.5 Å². The summed E-state index contributed by atoms with van der Waals surface area (Å²) in [6.07, 6.45) is 1.79. The Hall–Kier alpha value is -3.13. The summed E-state index contributed by atoms with van der Waals surface area (Å²) in [4.78, 5) is 17.1. The summed E-state index contributed by atoms with van der Waals surface area (Å²) < 4.78 is 1.96. The number of benzene rings is 2. The maximum absolute atomic E-state index is 12.4. The van der Waals surface area contributed by atoms with Gasteiger partial charge < -0.3 is 9.88 Å². The second-order valence-corrected chi connectivity index (χ2v) is 5.59. The van der Waals surface area contributed by atoms with Gasteiger partial charge >= 0.3 is 0 Å². The third-order valence-electron chi connectivity index (χ3n) is 3.78. The van der Waals surface area contributed by atoms with Crippen molar-refractivity contribution in [2.24, 2.45) is 0 Å². The number of aryl methyl sites for hydroxylation is 1. The highest BCUT2D eigenvalue weighted by Gasteiger charge is 2.13.